The normalized spacial score (nSPS) is 21.3. The van der Waals surface area contributed by atoms with Gasteiger partial charge in [-0.05, 0) is 30.7 Å². The van der Waals surface area contributed by atoms with Gasteiger partial charge in [-0.2, -0.15) is 16.1 Å². The van der Waals surface area contributed by atoms with Gasteiger partial charge in [0.15, 0.2) is 0 Å². The summed E-state index contributed by atoms with van der Waals surface area (Å²) in [6.07, 6.45) is 0.993. The van der Waals surface area contributed by atoms with Gasteiger partial charge in [0.1, 0.15) is 0 Å². The molecular weight excluding hydrogens is 282 g/mol. The van der Waals surface area contributed by atoms with Crippen molar-refractivity contribution in [1.82, 2.24) is 4.31 Å². The SMILES string of the molecule is CCC1CN(S(=O)(=O)c2ccc(NN)cc2)CCS1. The Balaban J connectivity index is 2.20. The Kier molecular flexibility index (Phi) is 4.72. The number of nitrogens with zero attached hydrogens (tertiary/aromatic N) is 1. The van der Waals surface area contributed by atoms with Crippen molar-refractivity contribution < 1.29 is 8.42 Å². The summed E-state index contributed by atoms with van der Waals surface area (Å²) in [4.78, 5) is 0.327. The van der Waals surface area contributed by atoms with Gasteiger partial charge in [0.2, 0.25) is 10.0 Å². The summed E-state index contributed by atoms with van der Waals surface area (Å²) < 4.78 is 26.6. The predicted molar refractivity (Wildman–Crippen MR) is 79.5 cm³/mol. The average molecular weight is 301 g/mol. The number of nitrogens with one attached hydrogen (secondary N) is 1. The molecule has 3 N–H and O–H groups in total. The van der Waals surface area contributed by atoms with Crippen LogP contribution in [-0.4, -0.2) is 36.8 Å². The highest BCUT2D eigenvalue weighted by Crippen LogP contribution is 2.26. The highest BCUT2D eigenvalue weighted by atomic mass is 32.2. The van der Waals surface area contributed by atoms with Gasteiger partial charge < -0.3 is 5.43 Å². The molecule has 1 aromatic rings. The number of hydrogen-bond donors (Lipinski definition) is 2. The summed E-state index contributed by atoms with van der Waals surface area (Å²) in [6, 6.07) is 6.52. The van der Waals surface area contributed by atoms with E-state index in [2.05, 4.69) is 12.3 Å². The lowest BCUT2D eigenvalue weighted by molar-refractivity contribution is 0.416. The molecule has 1 aliphatic rings. The lowest BCUT2D eigenvalue weighted by atomic mass is 10.3. The zero-order chi connectivity index (χ0) is 13.9. The highest BCUT2D eigenvalue weighted by molar-refractivity contribution is 8.00. The number of sulfonamides is 1. The van der Waals surface area contributed by atoms with Crippen LogP contribution in [0.25, 0.3) is 0 Å². The van der Waals surface area contributed by atoms with Gasteiger partial charge in [0.05, 0.1) is 4.90 Å². The largest absolute Gasteiger partial charge is 0.324 e. The minimum atomic E-state index is -3.38. The van der Waals surface area contributed by atoms with Crippen LogP contribution in [0.4, 0.5) is 5.69 Å². The third-order valence-corrected chi connectivity index (χ3v) is 6.47. The zero-order valence-corrected chi connectivity index (χ0v) is 12.5. The fourth-order valence-electron chi connectivity index (χ4n) is 2.03. The first-order valence-electron chi connectivity index (χ1n) is 6.26. The molecular formula is C12H19N3O2S2. The van der Waals surface area contributed by atoms with Crippen LogP contribution in [0.1, 0.15) is 13.3 Å². The molecule has 106 valence electrons. The van der Waals surface area contributed by atoms with Crippen LogP contribution < -0.4 is 11.3 Å². The van der Waals surface area contributed by atoms with Crippen molar-refractivity contribution in [2.45, 2.75) is 23.5 Å². The van der Waals surface area contributed by atoms with Gasteiger partial charge in [-0.15, -0.1) is 0 Å². The number of hydrazine groups is 1. The molecule has 1 aliphatic heterocycles. The lowest BCUT2D eigenvalue weighted by Gasteiger charge is -2.31. The quantitative estimate of drug-likeness (QED) is 0.651. The first-order chi connectivity index (χ1) is 9.07. The minimum absolute atomic E-state index is 0.327. The molecule has 1 fully saturated rings. The van der Waals surface area contributed by atoms with Gasteiger partial charge in [-0.1, -0.05) is 6.92 Å². The summed E-state index contributed by atoms with van der Waals surface area (Å²) in [5.41, 5.74) is 3.18. The molecule has 1 atom stereocenters. The van der Waals surface area contributed by atoms with Crippen molar-refractivity contribution >= 4 is 27.5 Å². The third-order valence-electron chi connectivity index (χ3n) is 3.22. The summed E-state index contributed by atoms with van der Waals surface area (Å²) in [6.45, 7) is 3.27. The number of anilines is 1. The Labute approximate surface area is 118 Å². The molecule has 0 amide bonds. The number of hydrogen-bond acceptors (Lipinski definition) is 5. The van der Waals surface area contributed by atoms with E-state index in [1.165, 1.54) is 0 Å². The maximum atomic E-state index is 12.5. The van der Waals surface area contributed by atoms with Crippen molar-refractivity contribution in [3.8, 4) is 0 Å². The molecule has 1 unspecified atom stereocenters. The second-order valence-electron chi connectivity index (χ2n) is 4.43. The van der Waals surface area contributed by atoms with E-state index in [0.717, 1.165) is 12.2 Å². The van der Waals surface area contributed by atoms with Crippen molar-refractivity contribution in [2.24, 2.45) is 5.84 Å². The second kappa shape index (κ2) is 6.13. The predicted octanol–water partition coefficient (Wildman–Crippen LogP) is 1.49. The number of nitrogens with two attached hydrogens (primary N) is 1. The summed E-state index contributed by atoms with van der Waals surface area (Å²) in [5, 5.41) is 0.397. The Hall–Kier alpha value is -0.760. The Morgan fingerprint density at radius 3 is 2.68 bits per heavy atom. The Bertz CT molecular complexity index is 516. The van der Waals surface area contributed by atoms with E-state index in [9.17, 15) is 8.42 Å². The number of nitrogen functional groups attached to an aromatic ring is 1. The lowest BCUT2D eigenvalue weighted by Crippen LogP contribution is -2.41. The summed E-state index contributed by atoms with van der Waals surface area (Å²) in [5.74, 6) is 6.14. The Morgan fingerprint density at radius 1 is 1.42 bits per heavy atom. The summed E-state index contributed by atoms with van der Waals surface area (Å²) >= 11 is 1.85. The van der Waals surface area contributed by atoms with Crippen LogP contribution in [0.5, 0.6) is 0 Å². The monoisotopic (exact) mass is 301 g/mol. The molecule has 1 aromatic carbocycles. The first-order valence-corrected chi connectivity index (χ1v) is 8.75. The van der Waals surface area contributed by atoms with Gasteiger partial charge in [-0.3, -0.25) is 5.84 Å². The Morgan fingerprint density at radius 2 is 2.11 bits per heavy atom. The maximum Gasteiger partial charge on any atom is 0.243 e. The van der Waals surface area contributed by atoms with Gasteiger partial charge in [0.25, 0.3) is 0 Å². The molecule has 1 heterocycles. The minimum Gasteiger partial charge on any atom is -0.324 e. The molecule has 0 spiro atoms. The van der Waals surface area contributed by atoms with E-state index >= 15 is 0 Å². The van der Waals surface area contributed by atoms with E-state index < -0.39 is 10.0 Å². The molecule has 5 nitrogen and oxygen atoms in total. The van der Waals surface area contributed by atoms with E-state index in [1.807, 2.05) is 11.8 Å². The van der Waals surface area contributed by atoms with Crippen LogP contribution in [0.15, 0.2) is 29.2 Å². The fraction of sp³-hybridized carbons (Fsp3) is 0.500. The summed E-state index contributed by atoms with van der Waals surface area (Å²) in [7, 11) is -3.38. The maximum absolute atomic E-state index is 12.5. The topological polar surface area (TPSA) is 75.4 Å². The number of benzene rings is 1. The van der Waals surface area contributed by atoms with E-state index in [-0.39, 0.29) is 0 Å². The van der Waals surface area contributed by atoms with E-state index in [1.54, 1.807) is 28.6 Å². The van der Waals surface area contributed by atoms with E-state index in [4.69, 9.17) is 5.84 Å². The van der Waals surface area contributed by atoms with Crippen LogP contribution in [0, 0.1) is 0 Å². The van der Waals surface area contributed by atoms with Crippen molar-refractivity contribution in [1.29, 1.82) is 0 Å². The first kappa shape index (κ1) is 14.6. The van der Waals surface area contributed by atoms with Crippen molar-refractivity contribution in [2.75, 3.05) is 24.3 Å². The van der Waals surface area contributed by atoms with Gasteiger partial charge in [-0.25, -0.2) is 8.42 Å². The smallest absolute Gasteiger partial charge is 0.243 e. The number of thioether (sulfide) groups is 1. The molecule has 7 heteroatoms. The molecule has 0 bridgehead atoms. The van der Waals surface area contributed by atoms with Crippen molar-refractivity contribution in [3.63, 3.8) is 0 Å². The van der Waals surface area contributed by atoms with E-state index in [0.29, 0.717) is 28.9 Å². The third kappa shape index (κ3) is 3.22. The average Bonchev–Trinajstić information content (AvgIpc) is 2.47. The van der Waals surface area contributed by atoms with Crippen LogP contribution in [0.3, 0.4) is 0 Å². The standard InChI is InChI=1S/C12H19N3O2S2/c1-2-11-9-15(7-8-18-11)19(16,17)12-5-3-10(14-13)4-6-12/h3-6,11,14H,2,7-9,13H2,1H3. The van der Waals surface area contributed by atoms with Gasteiger partial charge >= 0.3 is 0 Å². The highest BCUT2D eigenvalue weighted by Gasteiger charge is 2.29. The molecule has 0 radical (unpaired) electrons. The molecule has 0 saturated carbocycles. The van der Waals surface area contributed by atoms with Crippen LogP contribution in [0.2, 0.25) is 0 Å². The number of rotatable bonds is 4. The molecule has 19 heavy (non-hydrogen) atoms. The molecule has 0 aromatic heterocycles. The van der Waals surface area contributed by atoms with Crippen LogP contribution >= 0.6 is 11.8 Å². The molecule has 0 aliphatic carbocycles. The fourth-order valence-corrected chi connectivity index (χ4v) is 4.91. The molecule has 2 rings (SSSR count). The zero-order valence-electron chi connectivity index (χ0n) is 10.9. The van der Waals surface area contributed by atoms with Crippen molar-refractivity contribution in [3.05, 3.63) is 24.3 Å². The van der Waals surface area contributed by atoms with Crippen LogP contribution in [-0.2, 0) is 10.0 Å². The van der Waals surface area contributed by atoms with Gasteiger partial charge in [0, 0.05) is 29.8 Å². The second-order valence-corrected chi connectivity index (χ2v) is 7.78. The molecule has 1 saturated heterocycles.